The van der Waals surface area contributed by atoms with E-state index in [2.05, 4.69) is 20.5 Å². The van der Waals surface area contributed by atoms with Crippen molar-refractivity contribution in [2.45, 2.75) is 6.92 Å². The Balaban J connectivity index is 1.83. The summed E-state index contributed by atoms with van der Waals surface area (Å²) in [5, 5.41) is 9.71. The van der Waals surface area contributed by atoms with E-state index >= 15 is 0 Å². The molecule has 0 aliphatic rings. The zero-order chi connectivity index (χ0) is 13.9. The Morgan fingerprint density at radius 3 is 2.95 bits per heavy atom. The van der Waals surface area contributed by atoms with Gasteiger partial charge >= 0.3 is 0 Å². The van der Waals surface area contributed by atoms with Gasteiger partial charge in [0.25, 0.3) is 5.91 Å². The molecule has 0 radical (unpaired) electrons. The Kier molecular flexibility index (Phi) is 3.30. The smallest absolute Gasteiger partial charge is 0.267 e. The van der Waals surface area contributed by atoms with Gasteiger partial charge in [0.2, 0.25) is 0 Å². The van der Waals surface area contributed by atoms with Crippen LogP contribution in [0.5, 0.6) is 0 Å². The molecule has 0 saturated carbocycles. The highest BCUT2D eigenvalue weighted by Crippen LogP contribution is 2.21. The molecule has 6 heteroatoms. The number of rotatable bonds is 3. The monoisotopic (exact) mass is 284 g/mol. The molecule has 3 rings (SSSR count). The fourth-order valence-electron chi connectivity index (χ4n) is 1.89. The first-order valence-corrected chi connectivity index (χ1v) is 6.93. The second-order valence-electron chi connectivity index (χ2n) is 4.27. The third kappa shape index (κ3) is 2.46. The van der Waals surface area contributed by atoms with Gasteiger partial charge in [-0.15, -0.1) is 11.3 Å². The van der Waals surface area contributed by atoms with Crippen LogP contribution in [-0.2, 0) is 0 Å². The predicted molar refractivity (Wildman–Crippen MR) is 78.8 cm³/mol. The van der Waals surface area contributed by atoms with Crippen molar-refractivity contribution in [2.24, 2.45) is 0 Å². The third-order valence-electron chi connectivity index (χ3n) is 2.88. The Bertz CT molecular complexity index is 733. The number of carbonyl (C=O) groups is 1. The van der Waals surface area contributed by atoms with E-state index in [1.807, 2.05) is 37.3 Å². The van der Waals surface area contributed by atoms with E-state index in [0.717, 1.165) is 22.6 Å². The van der Waals surface area contributed by atoms with Gasteiger partial charge < -0.3 is 5.32 Å². The molecule has 2 heterocycles. The maximum Gasteiger partial charge on any atom is 0.267 e. The van der Waals surface area contributed by atoms with E-state index in [9.17, 15) is 4.79 Å². The molecular weight excluding hydrogens is 272 g/mol. The highest BCUT2D eigenvalue weighted by atomic mass is 32.1. The fourth-order valence-corrected chi connectivity index (χ4v) is 2.59. The van der Waals surface area contributed by atoms with E-state index in [1.165, 1.54) is 11.3 Å². The van der Waals surface area contributed by atoms with E-state index < -0.39 is 0 Å². The van der Waals surface area contributed by atoms with E-state index in [-0.39, 0.29) is 5.91 Å². The average molecular weight is 284 g/mol. The average Bonchev–Trinajstić information content (AvgIpc) is 3.09. The summed E-state index contributed by atoms with van der Waals surface area (Å²) in [6.45, 7) is 1.83. The van der Waals surface area contributed by atoms with Crippen molar-refractivity contribution >= 4 is 22.9 Å². The summed E-state index contributed by atoms with van der Waals surface area (Å²) in [6, 6.07) is 9.50. The molecule has 0 saturated heterocycles. The van der Waals surface area contributed by atoms with Crippen molar-refractivity contribution < 1.29 is 4.79 Å². The molecule has 5 nitrogen and oxygen atoms in total. The molecule has 20 heavy (non-hydrogen) atoms. The number of aromatic amines is 1. The molecule has 0 bridgehead atoms. The number of hydrogen-bond donors (Lipinski definition) is 2. The van der Waals surface area contributed by atoms with Gasteiger partial charge in [0.15, 0.2) is 0 Å². The lowest BCUT2D eigenvalue weighted by Crippen LogP contribution is -2.11. The van der Waals surface area contributed by atoms with Crippen LogP contribution < -0.4 is 5.32 Å². The van der Waals surface area contributed by atoms with Gasteiger partial charge in [-0.1, -0.05) is 12.1 Å². The van der Waals surface area contributed by atoms with Crippen LogP contribution in [-0.4, -0.2) is 21.1 Å². The van der Waals surface area contributed by atoms with Crippen molar-refractivity contribution in [2.75, 3.05) is 5.32 Å². The van der Waals surface area contributed by atoms with Crippen molar-refractivity contribution in [1.29, 1.82) is 0 Å². The van der Waals surface area contributed by atoms with Gasteiger partial charge in [0, 0.05) is 17.4 Å². The van der Waals surface area contributed by atoms with Gasteiger partial charge in [0.05, 0.1) is 16.9 Å². The Morgan fingerprint density at radius 1 is 1.35 bits per heavy atom. The molecule has 0 unspecified atom stereocenters. The van der Waals surface area contributed by atoms with Crippen molar-refractivity contribution in [3.8, 4) is 11.3 Å². The number of aromatic nitrogens is 3. The minimum absolute atomic E-state index is 0.133. The van der Waals surface area contributed by atoms with E-state index in [1.54, 1.807) is 11.7 Å². The van der Waals surface area contributed by atoms with Crippen LogP contribution >= 0.6 is 11.3 Å². The van der Waals surface area contributed by atoms with Crippen LogP contribution in [0.2, 0.25) is 0 Å². The zero-order valence-electron chi connectivity index (χ0n) is 10.8. The topological polar surface area (TPSA) is 70.7 Å². The Hall–Kier alpha value is -2.47. The SMILES string of the molecule is Cc1ncsc1C(=O)Nc1cccc(-c2ccn[nH]2)c1. The highest BCUT2D eigenvalue weighted by Gasteiger charge is 2.12. The summed E-state index contributed by atoms with van der Waals surface area (Å²) in [5.74, 6) is -0.133. The first kappa shape index (κ1) is 12.6. The van der Waals surface area contributed by atoms with Crippen LogP contribution in [0.1, 0.15) is 15.4 Å². The number of anilines is 1. The van der Waals surface area contributed by atoms with Gasteiger partial charge in [-0.3, -0.25) is 9.89 Å². The summed E-state index contributed by atoms with van der Waals surface area (Å²) < 4.78 is 0. The lowest BCUT2D eigenvalue weighted by molar-refractivity contribution is 0.103. The van der Waals surface area contributed by atoms with Crippen molar-refractivity contribution in [1.82, 2.24) is 15.2 Å². The second kappa shape index (κ2) is 5.26. The highest BCUT2D eigenvalue weighted by molar-refractivity contribution is 7.12. The summed E-state index contributed by atoms with van der Waals surface area (Å²) >= 11 is 1.34. The molecule has 0 atom stereocenters. The maximum atomic E-state index is 12.1. The van der Waals surface area contributed by atoms with Crippen LogP contribution in [0.15, 0.2) is 42.0 Å². The minimum Gasteiger partial charge on any atom is -0.321 e. The molecule has 0 spiro atoms. The summed E-state index contributed by atoms with van der Waals surface area (Å²) in [4.78, 5) is 16.9. The van der Waals surface area contributed by atoms with Gasteiger partial charge in [-0.05, 0) is 25.1 Å². The number of nitrogens with one attached hydrogen (secondary N) is 2. The number of benzene rings is 1. The largest absolute Gasteiger partial charge is 0.321 e. The normalized spacial score (nSPS) is 10.4. The lowest BCUT2D eigenvalue weighted by atomic mass is 10.1. The molecule has 1 amide bonds. The molecule has 0 aliphatic carbocycles. The number of H-pyrrole nitrogens is 1. The first-order valence-electron chi connectivity index (χ1n) is 6.05. The van der Waals surface area contributed by atoms with Gasteiger partial charge in [-0.25, -0.2) is 4.98 Å². The summed E-state index contributed by atoms with van der Waals surface area (Å²) in [6.07, 6.45) is 1.70. The third-order valence-corrected chi connectivity index (χ3v) is 3.81. The van der Waals surface area contributed by atoms with Crippen molar-refractivity contribution in [3.05, 3.63) is 52.6 Å². The van der Waals surface area contributed by atoms with E-state index in [0.29, 0.717) is 4.88 Å². The molecule has 100 valence electrons. The predicted octanol–water partition coefficient (Wildman–Crippen LogP) is 3.09. The molecule has 3 aromatic rings. The molecule has 0 fully saturated rings. The van der Waals surface area contributed by atoms with Gasteiger partial charge in [-0.2, -0.15) is 5.10 Å². The Morgan fingerprint density at radius 2 is 2.25 bits per heavy atom. The number of aryl methyl sites for hydroxylation is 1. The number of amides is 1. The van der Waals surface area contributed by atoms with Crippen LogP contribution in [0, 0.1) is 6.92 Å². The van der Waals surface area contributed by atoms with Crippen LogP contribution in [0.3, 0.4) is 0 Å². The minimum atomic E-state index is -0.133. The number of nitrogens with zero attached hydrogens (tertiary/aromatic N) is 2. The second-order valence-corrected chi connectivity index (χ2v) is 5.13. The number of hydrogen-bond acceptors (Lipinski definition) is 4. The maximum absolute atomic E-state index is 12.1. The quantitative estimate of drug-likeness (QED) is 0.776. The van der Waals surface area contributed by atoms with Crippen molar-refractivity contribution in [3.63, 3.8) is 0 Å². The molecule has 2 N–H and O–H groups in total. The first-order chi connectivity index (χ1) is 9.74. The summed E-state index contributed by atoms with van der Waals surface area (Å²) in [5.41, 5.74) is 5.05. The fraction of sp³-hybridized carbons (Fsp3) is 0.0714. The van der Waals surface area contributed by atoms with Gasteiger partial charge in [0.1, 0.15) is 4.88 Å². The molecular formula is C14H12N4OS. The molecule has 0 aliphatic heterocycles. The number of thiazole rings is 1. The summed E-state index contributed by atoms with van der Waals surface area (Å²) in [7, 11) is 0. The zero-order valence-corrected chi connectivity index (χ0v) is 11.6. The van der Waals surface area contributed by atoms with E-state index in [4.69, 9.17) is 0 Å². The molecule has 2 aromatic heterocycles. The standard InChI is InChI=1S/C14H12N4OS/c1-9-13(20-8-15-9)14(19)17-11-4-2-3-10(7-11)12-5-6-16-18-12/h2-8H,1H3,(H,16,18)(H,17,19). The number of carbonyl (C=O) groups excluding carboxylic acids is 1. The molecule has 1 aromatic carbocycles. The lowest BCUT2D eigenvalue weighted by Gasteiger charge is -2.06. The Labute approximate surface area is 119 Å². The van der Waals surface area contributed by atoms with Crippen LogP contribution in [0.4, 0.5) is 5.69 Å². The van der Waals surface area contributed by atoms with Crippen LogP contribution in [0.25, 0.3) is 11.3 Å².